The molecule has 3 aromatic rings. The average molecular weight is 387 g/mol. The van der Waals surface area contributed by atoms with E-state index in [0.29, 0.717) is 31.0 Å². The second-order valence-electron chi connectivity index (χ2n) is 7.05. The molecule has 7 nitrogen and oxygen atoms in total. The number of hydrogen-bond acceptors (Lipinski definition) is 5. The van der Waals surface area contributed by atoms with Crippen LogP contribution in [0.4, 0.5) is 0 Å². The van der Waals surface area contributed by atoms with E-state index in [1.54, 1.807) is 11.1 Å². The van der Waals surface area contributed by atoms with Gasteiger partial charge in [0.1, 0.15) is 0 Å². The molecular formula is C22H21N5O2. The fourth-order valence-electron chi connectivity index (χ4n) is 3.19. The number of nitrogens with one attached hydrogen (secondary N) is 1. The van der Waals surface area contributed by atoms with Gasteiger partial charge in [0.05, 0.1) is 23.7 Å². The maximum Gasteiger partial charge on any atom is 0.257 e. The van der Waals surface area contributed by atoms with Gasteiger partial charge < -0.3 is 10.2 Å². The van der Waals surface area contributed by atoms with Crippen LogP contribution in [0.5, 0.6) is 0 Å². The number of carbonyl (C=O) groups is 2. The number of likely N-dealkylation sites (tertiary alicyclic amines) is 1. The average Bonchev–Trinajstić information content (AvgIpc) is 2.73. The van der Waals surface area contributed by atoms with Crippen LogP contribution in [0.25, 0.3) is 11.4 Å². The molecule has 0 saturated carbocycles. The zero-order valence-corrected chi connectivity index (χ0v) is 16.1. The number of carbonyl (C=O) groups excluding carboxylic acids is 2. The van der Waals surface area contributed by atoms with Gasteiger partial charge in [0, 0.05) is 37.2 Å². The van der Waals surface area contributed by atoms with E-state index in [1.165, 1.54) is 12.4 Å². The minimum absolute atomic E-state index is 0.0604. The first-order valence-corrected chi connectivity index (χ1v) is 9.47. The maximum atomic E-state index is 12.6. The lowest BCUT2D eigenvalue weighted by molar-refractivity contribution is -0.129. The van der Waals surface area contributed by atoms with Gasteiger partial charge in [0.25, 0.3) is 5.91 Å². The van der Waals surface area contributed by atoms with E-state index in [0.717, 1.165) is 16.8 Å². The number of amides is 2. The van der Waals surface area contributed by atoms with E-state index in [2.05, 4.69) is 20.3 Å². The van der Waals surface area contributed by atoms with Crippen LogP contribution < -0.4 is 5.32 Å². The highest BCUT2D eigenvalue weighted by molar-refractivity contribution is 5.95. The molecule has 1 aliphatic heterocycles. The molecule has 0 unspecified atom stereocenters. The lowest BCUT2D eigenvalue weighted by Gasteiger charge is -2.38. The summed E-state index contributed by atoms with van der Waals surface area (Å²) in [7, 11) is 0. The fourth-order valence-corrected chi connectivity index (χ4v) is 3.19. The fraction of sp³-hybridized carbons (Fsp3) is 0.227. The Hall–Kier alpha value is -3.61. The normalized spacial score (nSPS) is 13.6. The zero-order chi connectivity index (χ0) is 20.2. The molecule has 0 radical (unpaired) electrons. The SMILES string of the molecule is Cc1cccnc1CNC(=O)C1CN(C(=O)c2cnc(-c3ccccc3)nc2)C1. The first kappa shape index (κ1) is 18.7. The molecular weight excluding hydrogens is 366 g/mol. The summed E-state index contributed by atoms with van der Waals surface area (Å²) in [5.74, 6) is 0.157. The van der Waals surface area contributed by atoms with Crippen molar-refractivity contribution in [3.63, 3.8) is 0 Å². The van der Waals surface area contributed by atoms with Gasteiger partial charge in [0.2, 0.25) is 5.91 Å². The predicted molar refractivity (Wildman–Crippen MR) is 108 cm³/mol. The summed E-state index contributed by atoms with van der Waals surface area (Å²) in [4.78, 5) is 39.4. The van der Waals surface area contributed by atoms with Crippen LogP contribution in [0.3, 0.4) is 0 Å². The van der Waals surface area contributed by atoms with Crippen molar-refractivity contribution in [1.29, 1.82) is 0 Å². The summed E-state index contributed by atoms with van der Waals surface area (Å²) in [6.07, 6.45) is 4.78. The van der Waals surface area contributed by atoms with Crippen molar-refractivity contribution in [2.24, 2.45) is 5.92 Å². The summed E-state index contributed by atoms with van der Waals surface area (Å²) in [6, 6.07) is 13.4. The van der Waals surface area contributed by atoms with E-state index >= 15 is 0 Å². The molecule has 4 rings (SSSR count). The summed E-state index contributed by atoms with van der Waals surface area (Å²) >= 11 is 0. The summed E-state index contributed by atoms with van der Waals surface area (Å²) in [6.45, 7) is 3.15. The number of benzene rings is 1. The Balaban J connectivity index is 1.29. The highest BCUT2D eigenvalue weighted by atomic mass is 16.2. The highest BCUT2D eigenvalue weighted by Crippen LogP contribution is 2.20. The van der Waals surface area contributed by atoms with Gasteiger partial charge in [-0.15, -0.1) is 0 Å². The first-order chi connectivity index (χ1) is 14.1. The molecule has 2 amide bonds. The van der Waals surface area contributed by atoms with Crippen LogP contribution in [0, 0.1) is 12.8 Å². The van der Waals surface area contributed by atoms with Crippen molar-refractivity contribution in [1.82, 2.24) is 25.2 Å². The van der Waals surface area contributed by atoms with Gasteiger partial charge in [-0.3, -0.25) is 14.6 Å². The third-order valence-electron chi connectivity index (χ3n) is 5.02. The van der Waals surface area contributed by atoms with Gasteiger partial charge >= 0.3 is 0 Å². The highest BCUT2D eigenvalue weighted by Gasteiger charge is 2.36. The lowest BCUT2D eigenvalue weighted by atomic mass is 9.98. The van der Waals surface area contributed by atoms with Crippen molar-refractivity contribution in [3.8, 4) is 11.4 Å². The molecule has 146 valence electrons. The van der Waals surface area contributed by atoms with Crippen molar-refractivity contribution in [3.05, 3.63) is 77.9 Å². The van der Waals surface area contributed by atoms with Gasteiger partial charge in [-0.05, 0) is 18.6 Å². The molecule has 7 heteroatoms. The van der Waals surface area contributed by atoms with Crippen molar-refractivity contribution in [2.45, 2.75) is 13.5 Å². The Morgan fingerprint density at radius 3 is 2.45 bits per heavy atom. The Kier molecular flexibility index (Phi) is 5.29. The summed E-state index contributed by atoms with van der Waals surface area (Å²) < 4.78 is 0. The van der Waals surface area contributed by atoms with Crippen LogP contribution in [0.15, 0.2) is 61.1 Å². The quantitative estimate of drug-likeness (QED) is 0.725. The molecule has 1 fully saturated rings. The van der Waals surface area contributed by atoms with Crippen molar-refractivity contribution >= 4 is 11.8 Å². The second-order valence-corrected chi connectivity index (χ2v) is 7.05. The maximum absolute atomic E-state index is 12.6. The van der Waals surface area contributed by atoms with Crippen LogP contribution >= 0.6 is 0 Å². The van der Waals surface area contributed by atoms with E-state index in [-0.39, 0.29) is 17.7 Å². The Morgan fingerprint density at radius 2 is 1.76 bits per heavy atom. The monoisotopic (exact) mass is 387 g/mol. The third-order valence-corrected chi connectivity index (χ3v) is 5.02. The van der Waals surface area contributed by atoms with E-state index < -0.39 is 0 Å². The number of aryl methyl sites for hydroxylation is 1. The van der Waals surface area contributed by atoms with E-state index in [4.69, 9.17) is 0 Å². The molecule has 0 spiro atoms. The van der Waals surface area contributed by atoms with Crippen LogP contribution in [-0.2, 0) is 11.3 Å². The van der Waals surface area contributed by atoms with Crippen LogP contribution in [-0.4, -0.2) is 44.8 Å². The van der Waals surface area contributed by atoms with Gasteiger partial charge in [0.15, 0.2) is 5.82 Å². The van der Waals surface area contributed by atoms with Gasteiger partial charge in [-0.25, -0.2) is 9.97 Å². The molecule has 1 aromatic carbocycles. The number of pyridine rings is 1. The number of aromatic nitrogens is 3. The molecule has 1 N–H and O–H groups in total. The molecule has 3 heterocycles. The summed E-state index contributed by atoms with van der Waals surface area (Å²) in [5.41, 5.74) is 3.21. The number of rotatable bonds is 5. The van der Waals surface area contributed by atoms with E-state index in [9.17, 15) is 9.59 Å². The molecule has 0 atom stereocenters. The lowest BCUT2D eigenvalue weighted by Crippen LogP contribution is -2.55. The standard InChI is InChI=1S/C22H21N5O2/c1-15-6-5-9-23-19(15)12-26-21(28)18-13-27(14-18)22(29)17-10-24-20(25-11-17)16-7-3-2-4-8-16/h2-11,18H,12-14H2,1H3,(H,26,28). The smallest absolute Gasteiger partial charge is 0.257 e. The van der Waals surface area contributed by atoms with Crippen molar-refractivity contribution < 1.29 is 9.59 Å². The van der Waals surface area contributed by atoms with Gasteiger partial charge in [-0.2, -0.15) is 0 Å². The minimum atomic E-state index is -0.201. The number of nitrogens with zero attached hydrogens (tertiary/aromatic N) is 4. The zero-order valence-electron chi connectivity index (χ0n) is 16.1. The Morgan fingerprint density at radius 1 is 1.03 bits per heavy atom. The first-order valence-electron chi connectivity index (χ1n) is 9.47. The molecule has 2 aromatic heterocycles. The van der Waals surface area contributed by atoms with Crippen LogP contribution in [0.1, 0.15) is 21.6 Å². The Labute approximate surface area is 168 Å². The topological polar surface area (TPSA) is 88.1 Å². The Bertz CT molecular complexity index is 1010. The van der Waals surface area contributed by atoms with E-state index in [1.807, 2.05) is 49.4 Å². The third kappa shape index (κ3) is 4.13. The van der Waals surface area contributed by atoms with Crippen molar-refractivity contribution in [2.75, 3.05) is 13.1 Å². The summed E-state index contributed by atoms with van der Waals surface area (Å²) in [5, 5.41) is 2.90. The van der Waals surface area contributed by atoms with Crippen LogP contribution in [0.2, 0.25) is 0 Å². The van der Waals surface area contributed by atoms with Gasteiger partial charge in [-0.1, -0.05) is 36.4 Å². The molecule has 29 heavy (non-hydrogen) atoms. The second kappa shape index (κ2) is 8.18. The molecule has 1 saturated heterocycles. The minimum Gasteiger partial charge on any atom is -0.350 e. The predicted octanol–water partition coefficient (Wildman–Crippen LogP) is 2.24. The molecule has 1 aliphatic rings. The largest absolute Gasteiger partial charge is 0.350 e. The molecule has 0 bridgehead atoms. The molecule has 0 aliphatic carbocycles. The number of hydrogen-bond donors (Lipinski definition) is 1.